The number of ether oxygens (including phenoxy) is 1. The van der Waals surface area contributed by atoms with E-state index in [1.165, 1.54) is 0 Å². The fraction of sp³-hybridized carbons (Fsp3) is 0.278. The van der Waals surface area contributed by atoms with Gasteiger partial charge in [0.2, 0.25) is 0 Å². The van der Waals surface area contributed by atoms with Gasteiger partial charge in [0, 0.05) is 11.6 Å². The van der Waals surface area contributed by atoms with Crippen LogP contribution in [-0.4, -0.2) is 24.3 Å². The van der Waals surface area contributed by atoms with Gasteiger partial charge < -0.3 is 20.5 Å². The molecule has 0 bridgehead atoms. The first kappa shape index (κ1) is 18.1. The highest BCUT2D eigenvalue weighted by molar-refractivity contribution is 6.30. The van der Waals surface area contributed by atoms with Crippen LogP contribution in [0.15, 0.2) is 48.5 Å². The Kier molecular flexibility index (Phi) is 6.90. The third-order valence-corrected chi connectivity index (χ3v) is 3.61. The van der Waals surface area contributed by atoms with Crippen LogP contribution in [0.2, 0.25) is 5.02 Å². The van der Waals surface area contributed by atoms with E-state index in [4.69, 9.17) is 16.3 Å². The smallest absolute Gasteiger partial charge is 0.319 e. The SMILES string of the molecule is CCOc1ccccc1NC(=O)NCCC(O)c1cccc(Cl)c1. The number of halogens is 1. The van der Waals surface area contributed by atoms with Crippen molar-refractivity contribution >= 4 is 23.3 Å². The highest BCUT2D eigenvalue weighted by Gasteiger charge is 2.10. The molecule has 0 aliphatic heterocycles. The van der Waals surface area contributed by atoms with Crippen molar-refractivity contribution in [3.05, 3.63) is 59.1 Å². The topological polar surface area (TPSA) is 70.6 Å². The number of para-hydroxylation sites is 2. The first-order chi connectivity index (χ1) is 11.6. The minimum atomic E-state index is -0.681. The summed E-state index contributed by atoms with van der Waals surface area (Å²) in [6.45, 7) is 2.73. The predicted molar refractivity (Wildman–Crippen MR) is 95.7 cm³/mol. The molecule has 24 heavy (non-hydrogen) atoms. The molecule has 0 aliphatic rings. The fourth-order valence-corrected chi connectivity index (χ4v) is 2.42. The first-order valence-corrected chi connectivity index (χ1v) is 8.18. The normalized spacial score (nSPS) is 11.6. The van der Waals surface area contributed by atoms with Gasteiger partial charge in [-0.1, -0.05) is 35.9 Å². The van der Waals surface area contributed by atoms with E-state index < -0.39 is 6.10 Å². The molecule has 2 aromatic rings. The largest absolute Gasteiger partial charge is 0.492 e. The number of aliphatic hydroxyl groups is 1. The number of anilines is 1. The molecule has 0 saturated carbocycles. The molecular formula is C18H21ClN2O3. The molecule has 0 heterocycles. The maximum Gasteiger partial charge on any atom is 0.319 e. The molecule has 2 aromatic carbocycles. The zero-order valence-electron chi connectivity index (χ0n) is 13.5. The van der Waals surface area contributed by atoms with Crippen LogP contribution < -0.4 is 15.4 Å². The molecule has 6 heteroatoms. The van der Waals surface area contributed by atoms with Crippen LogP contribution >= 0.6 is 11.6 Å². The molecule has 0 saturated heterocycles. The Balaban J connectivity index is 1.81. The first-order valence-electron chi connectivity index (χ1n) is 7.80. The number of hydrogen-bond donors (Lipinski definition) is 3. The molecule has 0 aliphatic carbocycles. The summed E-state index contributed by atoms with van der Waals surface area (Å²) in [6, 6.07) is 13.9. The van der Waals surface area contributed by atoms with Crippen LogP contribution in [0.4, 0.5) is 10.5 Å². The molecule has 3 N–H and O–H groups in total. The van der Waals surface area contributed by atoms with E-state index in [1.54, 1.807) is 36.4 Å². The van der Waals surface area contributed by atoms with Crippen molar-refractivity contribution in [3.8, 4) is 5.75 Å². The van der Waals surface area contributed by atoms with Gasteiger partial charge >= 0.3 is 6.03 Å². The van der Waals surface area contributed by atoms with Gasteiger partial charge in [0.1, 0.15) is 5.75 Å². The number of carbonyl (C=O) groups is 1. The van der Waals surface area contributed by atoms with Gasteiger partial charge in [-0.15, -0.1) is 0 Å². The Hall–Kier alpha value is -2.24. The number of rotatable bonds is 7. The molecule has 128 valence electrons. The molecule has 2 amide bonds. The Morgan fingerprint density at radius 2 is 2.04 bits per heavy atom. The molecular weight excluding hydrogens is 328 g/mol. The summed E-state index contributed by atoms with van der Waals surface area (Å²) in [6.07, 6.45) is -0.291. The van der Waals surface area contributed by atoms with E-state index in [2.05, 4.69) is 10.6 Å². The van der Waals surface area contributed by atoms with Gasteiger partial charge in [-0.05, 0) is 43.2 Å². The molecule has 1 unspecified atom stereocenters. The van der Waals surface area contributed by atoms with Crippen molar-refractivity contribution in [2.45, 2.75) is 19.4 Å². The summed E-state index contributed by atoms with van der Waals surface area (Å²) in [7, 11) is 0. The van der Waals surface area contributed by atoms with Crippen molar-refractivity contribution in [2.24, 2.45) is 0 Å². The molecule has 0 aromatic heterocycles. The quantitative estimate of drug-likeness (QED) is 0.708. The zero-order chi connectivity index (χ0) is 17.4. The van der Waals surface area contributed by atoms with Crippen molar-refractivity contribution in [1.82, 2.24) is 5.32 Å². The van der Waals surface area contributed by atoms with Crippen molar-refractivity contribution in [1.29, 1.82) is 0 Å². The second kappa shape index (κ2) is 9.15. The summed E-state index contributed by atoms with van der Waals surface area (Å²) >= 11 is 5.90. The summed E-state index contributed by atoms with van der Waals surface area (Å²) in [5.74, 6) is 0.620. The lowest BCUT2D eigenvalue weighted by atomic mass is 10.1. The third-order valence-electron chi connectivity index (χ3n) is 3.37. The van der Waals surface area contributed by atoms with Crippen molar-refractivity contribution in [2.75, 3.05) is 18.5 Å². The summed E-state index contributed by atoms with van der Waals surface area (Å²) < 4.78 is 5.45. The number of benzene rings is 2. The Morgan fingerprint density at radius 3 is 2.79 bits per heavy atom. The zero-order valence-corrected chi connectivity index (χ0v) is 14.2. The molecule has 5 nitrogen and oxygen atoms in total. The van der Waals surface area contributed by atoms with Crippen LogP contribution in [0.3, 0.4) is 0 Å². The van der Waals surface area contributed by atoms with Gasteiger partial charge in [0.25, 0.3) is 0 Å². The highest BCUT2D eigenvalue weighted by atomic mass is 35.5. The number of amides is 2. The Morgan fingerprint density at radius 1 is 1.25 bits per heavy atom. The van der Waals surface area contributed by atoms with Gasteiger partial charge in [-0.2, -0.15) is 0 Å². The maximum atomic E-state index is 12.0. The second-order valence-electron chi connectivity index (χ2n) is 5.17. The molecule has 1 atom stereocenters. The standard InChI is InChI=1S/C18H21ClN2O3/c1-2-24-17-9-4-3-8-15(17)21-18(23)20-11-10-16(22)13-6-5-7-14(19)12-13/h3-9,12,16,22H,2,10-11H2,1H3,(H2,20,21,23). The average molecular weight is 349 g/mol. The van der Waals surface area contributed by atoms with Gasteiger partial charge in [-0.3, -0.25) is 0 Å². The number of urea groups is 1. The van der Waals surface area contributed by atoms with E-state index in [1.807, 2.05) is 19.1 Å². The third kappa shape index (κ3) is 5.44. The van der Waals surface area contributed by atoms with E-state index in [9.17, 15) is 9.90 Å². The summed E-state index contributed by atoms with van der Waals surface area (Å²) in [5.41, 5.74) is 1.33. The van der Waals surface area contributed by atoms with Gasteiger partial charge in [-0.25, -0.2) is 4.79 Å². The number of hydrogen-bond acceptors (Lipinski definition) is 3. The molecule has 0 spiro atoms. The highest BCUT2D eigenvalue weighted by Crippen LogP contribution is 2.23. The van der Waals surface area contributed by atoms with Crippen molar-refractivity contribution in [3.63, 3.8) is 0 Å². The molecule has 0 fully saturated rings. The maximum absolute atomic E-state index is 12.0. The Bertz CT molecular complexity index is 679. The molecule has 0 radical (unpaired) electrons. The number of nitrogens with one attached hydrogen (secondary N) is 2. The van der Waals surface area contributed by atoms with Crippen LogP contribution in [0.5, 0.6) is 5.75 Å². The molecule has 2 rings (SSSR count). The second-order valence-corrected chi connectivity index (χ2v) is 5.61. The monoisotopic (exact) mass is 348 g/mol. The lowest BCUT2D eigenvalue weighted by Gasteiger charge is -2.14. The van der Waals surface area contributed by atoms with Crippen LogP contribution in [0.25, 0.3) is 0 Å². The van der Waals surface area contributed by atoms with E-state index >= 15 is 0 Å². The van der Waals surface area contributed by atoms with E-state index in [0.717, 1.165) is 5.56 Å². The van der Waals surface area contributed by atoms with E-state index in [-0.39, 0.29) is 6.03 Å². The number of aliphatic hydroxyl groups excluding tert-OH is 1. The van der Waals surface area contributed by atoms with Gasteiger partial charge in [0.15, 0.2) is 0 Å². The van der Waals surface area contributed by atoms with Crippen LogP contribution in [0.1, 0.15) is 25.0 Å². The minimum absolute atomic E-state index is 0.330. The Labute approximate surface area is 146 Å². The van der Waals surface area contributed by atoms with Crippen LogP contribution in [-0.2, 0) is 0 Å². The van der Waals surface area contributed by atoms with Gasteiger partial charge in [0.05, 0.1) is 18.4 Å². The lowest BCUT2D eigenvalue weighted by Crippen LogP contribution is -2.30. The number of carbonyl (C=O) groups excluding carboxylic acids is 1. The van der Waals surface area contributed by atoms with Crippen LogP contribution in [0, 0.1) is 0 Å². The fourth-order valence-electron chi connectivity index (χ4n) is 2.22. The lowest BCUT2D eigenvalue weighted by molar-refractivity contribution is 0.167. The van der Waals surface area contributed by atoms with Crippen molar-refractivity contribution < 1.29 is 14.6 Å². The minimum Gasteiger partial charge on any atom is -0.492 e. The predicted octanol–water partition coefficient (Wildman–Crippen LogP) is 3.98. The summed E-state index contributed by atoms with van der Waals surface area (Å²) in [4.78, 5) is 12.0. The van der Waals surface area contributed by atoms with E-state index in [0.29, 0.717) is 36.0 Å². The summed E-state index contributed by atoms with van der Waals surface area (Å²) in [5, 5.41) is 16.1. The average Bonchev–Trinajstić information content (AvgIpc) is 2.57.